The van der Waals surface area contributed by atoms with Gasteiger partial charge < -0.3 is 10.1 Å². The molecule has 2 aromatic rings. The Labute approximate surface area is 112 Å². The molecule has 0 atom stereocenters. The molecule has 0 amide bonds. The molecule has 0 bridgehead atoms. The highest BCUT2D eigenvalue weighted by molar-refractivity contribution is 6.31. The van der Waals surface area contributed by atoms with Crippen LogP contribution in [-0.4, -0.2) is 12.0 Å². The van der Waals surface area contributed by atoms with Gasteiger partial charge in [-0.2, -0.15) is 0 Å². The first-order chi connectivity index (χ1) is 8.70. The highest BCUT2D eigenvalue weighted by atomic mass is 35.5. The second-order valence-corrected chi connectivity index (χ2v) is 4.38. The van der Waals surface area contributed by atoms with E-state index in [1.165, 1.54) is 0 Å². The van der Waals surface area contributed by atoms with Gasteiger partial charge in [0.1, 0.15) is 11.5 Å². The first kappa shape index (κ1) is 12.9. The van der Waals surface area contributed by atoms with Crippen molar-refractivity contribution >= 4 is 11.6 Å². The van der Waals surface area contributed by atoms with E-state index in [2.05, 4.69) is 10.3 Å². The number of hydrogen-bond acceptors (Lipinski definition) is 3. The third-order valence-electron chi connectivity index (χ3n) is 2.58. The van der Waals surface area contributed by atoms with E-state index < -0.39 is 0 Å². The lowest BCUT2D eigenvalue weighted by Crippen LogP contribution is -2.05. The molecule has 0 radical (unpaired) electrons. The average molecular weight is 263 g/mol. The first-order valence-corrected chi connectivity index (χ1v) is 6.11. The molecule has 18 heavy (non-hydrogen) atoms. The van der Waals surface area contributed by atoms with Crippen molar-refractivity contribution in [1.29, 1.82) is 0 Å². The van der Waals surface area contributed by atoms with Gasteiger partial charge >= 0.3 is 0 Å². The Morgan fingerprint density at radius 2 is 2.17 bits per heavy atom. The van der Waals surface area contributed by atoms with Gasteiger partial charge in [-0.05, 0) is 43.8 Å². The molecule has 0 spiro atoms. The van der Waals surface area contributed by atoms with Crippen molar-refractivity contribution in [1.82, 2.24) is 10.3 Å². The maximum absolute atomic E-state index is 6.18. The molecule has 1 heterocycles. The van der Waals surface area contributed by atoms with Crippen LogP contribution in [0.3, 0.4) is 0 Å². The quantitative estimate of drug-likeness (QED) is 0.915. The van der Waals surface area contributed by atoms with Crippen molar-refractivity contribution < 1.29 is 4.74 Å². The van der Waals surface area contributed by atoms with Crippen LogP contribution in [0.2, 0.25) is 5.02 Å². The lowest BCUT2D eigenvalue weighted by molar-refractivity contribution is 0.475. The van der Waals surface area contributed by atoms with E-state index in [0.717, 1.165) is 29.3 Å². The number of benzene rings is 1. The molecular formula is C14H15ClN2O. The van der Waals surface area contributed by atoms with Crippen molar-refractivity contribution in [3.8, 4) is 11.5 Å². The van der Waals surface area contributed by atoms with Gasteiger partial charge in [0.05, 0.1) is 5.69 Å². The van der Waals surface area contributed by atoms with Crippen LogP contribution in [0.4, 0.5) is 0 Å². The summed E-state index contributed by atoms with van der Waals surface area (Å²) in [5.41, 5.74) is 1.90. The van der Waals surface area contributed by atoms with Crippen LogP contribution in [0.5, 0.6) is 11.5 Å². The maximum Gasteiger partial charge on any atom is 0.148 e. The lowest BCUT2D eigenvalue weighted by atomic mass is 10.2. The second kappa shape index (κ2) is 5.85. The van der Waals surface area contributed by atoms with Crippen molar-refractivity contribution in [3.63, 3.8) is 0 Å². The zero-order valence-electron chi connectivity index (χ0n) is 10.4. The smallest absolute Gasteiger partial charge is 0.148 e. The van der Waals surface area contributed by atoms with E-state index in [1.807, 2.05) is 44.3 Å². The number of pyridine rings is 1. The van der Waals surface area contributed by atoms with Gasteiger partial charge in [-0.25, -0.2) is 0 Å². The number of nitrogens with zero attached hydrogens (tertiary/aromatic N) is 1. The minimum absolute atomic E-state index is 0.698. The Bertz CT molecular complexity index is 543. The number of hydrogen-bond donors (Lipinski definition) is 1. The Morgan fingerprint density at radius 1 is 1.33 bits per heavy atom. The van der Waals surface area contributed by atoms with E-state index in [4.69, 9.17) is 16.3 Å². The summed E-state index contributed by atoms with van der Waals surface area (Å²) in [6.07, 6.45) is 1.74. The fourth-order valence-corrected chi connectivity index (χ4v) is 1.87. The summed E-state index contributed by atoms with van der Waals surface area (Å²) in [5.74, 6) is 1.46. The molecule has 0 aliphatic heterocycles. The zero-order valence-corrected chi connectivity index (χ0v) is 11.2. The fraction of sp³-hybridized carbons (Fsp3) is 0.214. The van der Waals surface area contributed by atoms with Crippen LogP contribution in [0.15, 0.2) is 36.5 Å². The van der Waals surface area contributed by atoms with Crippen LogP contribution in [-0.2, 0) is 6.54 Å². The third kappa shape index (κ3) is 3.00. The number of ether oxygens (including phenoxy) is 1. The molecule has 1 N–H and O–H groups in total. The van der Waals surface area contributed by atoms with E-state index in [9.17, 15) is 0 Å². The van der Waals surface area contributed by atoms with Gasteiger partial charge in [-0.1, -0.05) is 17.7 Å². The summed E-state index contributed by atoms with van der Waals surface area (Å²) in [4.78, 5) is 4.18. The third-order valence-corrected chi connectivity index (χ3v) is 2.93. The number of nitrogens with one attached hydrogen (secondary N) is 1. The number of aromatic nitrogens is 1. The summed E-state index contributed by atoms with van der Waals surface area (Å²) in [6, 6.07) is 9.42. The molecule has 3 nitrogen and oxygen atoms in total. The van der Waals surface area contributed by atoms with Gasteiger partial charge in [0.15, 0.2) is 0 Å². The summed E-state index contributed by atoms with van der Waals surface area (Å²) in [7, 11) is 1.89. The maximum atomic E-state index is 6.18. The molecule has 0 fully saturated rings. The van der Waals surface area contributed by atoms with E-state index in [-0.39, 0.29) is 0 Å². The predicted molar refractivity (Wildman–Crippen MR) is 73.3 cm³/mol. The second-order valence-electron chi connectivity index (χ2n) is 3.97. The first-order valence-electron chi connectivity index (χ1n) is 5.73. The summed E-state index contributed by atoms with van der Waals surface area (Å²) < 4.78 is 5.76. The molecule has 4 heteroatoms. The van der Waals surface area contributed by atoms with Gasteiger partial charge in [-0.3, -0.25) is 4.98 Å². The van der Waals surface area contributed by atoms with Crippen LogP contribution in [0.25, 0.3) is 0 Å². The molecule has 1 aromatic carbocycles. The van der Waals surface area contributed by atoms with E-state index >= 15 is 0 Å². The molecular weight excluding hydrogens is 248 g/mol. The predicted octanol–water partition coefficient (Wildman–Crippen LogP) is 3.56. The fourth-order valence-electron chi connectivity index (χ4n) is 1.63. The van der Waals surface area contributed by atoms with E-state index in [1.54, 1.807) is 6.20 Å². The van der Waals surface area contributed by atoms with Gasteiger partial charge in [0.2, 0.25) is 0 Å². The minimum atomic E-state index is 0.698. The normalized spacial score (nSPS) is 10.4. The largest absolute Gasteiger partial charge is 0.455 e. The average Bonchev–Trinajstić information content (AvgIpc) is 2.36. The van der Waals surface area contributed by atoms with Gasteiger partial charge in [-0.15, -0.1) is 0 Å². The highest BCUT2D eigenvalue weighted by Crippen LogP contribution is 2.27. The number of aryl methyl sites for hydroxylation is 1. The van der Waals surface area contributed by atoms with Gasteiger partial charge in [0.25, 0.3) is 0 Å². The van der Waals surface area contributed by atoms with Gasteiger partial charge in [0, 0.05) is 17.8 Å². The summed E-state index contributed by atoms with van der Waals surface area (Å²) in [6.45, 7) is 2.65. The monoisotopic (exact) mass is 262 g/mol. The number of halogens is 1. The standard InChI is InChI=1S/C14H15ClN2O/c1-10-14(4-3-7-17-10)18-12-6-5-11(9-16-2)13(15)8-12/h3-8,16H,9H2,1-2H3. The molecule has 0 saturated heterocycles. The zero-order chi connectivity index (χ0) is 13.0. The molecule has 1 aromatic heterocycles. The van der Waals surface area contributed by atoms with E-state index in [0.29, 0.717) is 5.02 Å². The molecule has 0 aliphatic carbocycles. The highest BCUT2D eigenvalue weighted by Gasteiger charge is 2.05. The Kier molecular flexibility index (Phi) is 4.18. The molecule has 2 rings (SSSR count). The van der Waals surface area contributed by atoms with Crippen molar-refractivity contribution in [2.45, 2.75) is 13.5 Å². The lowest BCUT2D eigenvalue weighted by Gasteiger charge is -2.10. The Balaban J connectivity index is 2.20. The summed E-state index contributed by atoms with van der Waals surface area (Å²) >= 11 is 6.18. The molecule has 94 valence electrons. The molecule has 0 unspecified atom stereocenters. The topological polar surface area (TPSA) is 34.1 Å². The van der Waals surface area contributed by atoms with Crippen LogP contribution in [0.1, 0.15) is 11.3 Å². The number of rotatable bonds is 4. The Hall–Kier alpha value is -1.58. The molecule has 0 aliphatic rings. The van der Waals surface area contributed by atoms with Crippen molar-refractivity contribution in [2.24, 2.45) is 0 Å². The van der Waals surface area contributed by atoms with Crippen LogP contribution < -0.4 is 10.1 Å². The Morgan fingerprint density at radius 3 is 2.83 bits per heavy atom. The minimum Gasteiger partial charge on any atom is -0.455 e. The van der Waals surface area contributed by atoms with Crippen molar-refractivity contribution in [2.75, 3.05) is 7.05 Å². The summed E-state index contributed by atoms with van der Waals surface area (Å²) in [5, 5.41) is 3.77. The van der Waals surface area contributed by atoms with Crippen LogP contribution >= 0.6 is 11.6 Å². The van der Waals surface area contributed by atoms with Crippen LogP contribution in [0, 0.1) is 6.92 Å². The molecule has 0 saturated carbocycles. The van der Waals surface area contributed by atoms with Crippen molar-refractivity contribution in [3.05, 3.63) is 52.8 Å². The SMILES string of the molecule is CNCc1ccc(Oc2cccnc2C)cc1Cl.